The Kier molecular flexibility index (Phi) is 5.60. The van der Waals surface area contributed by atoms with E-state index in [1.54, 1.807) is 0 Å². The highest BCUT2D eigenvalue weighted by atomic mass is 19.1. The van der Waals surface area contributed by atoms with Crippen LogP contribution in [-0.4, -0.2) is 18.0 Å². The van der Waals surface area contributed by atoms with Gasteiger partial charge in [0.1, 0.15) is 5.82 Å². The predicted octanol–water partition coefficient (Wildman–Crippen LogP) is 1.70. The topological polar surface area (TPSA) is 81.2 Å². The Morgan fingerprint density at radius 2 is 2.00 bits per heavy atom. The molecule has 0 bridgehead atoms. The Hall–Kier alpha value is -1.60. The molecule has 0 fully saturated rings. The Morgan fingerprint density at radius 3 is 2.61 bits per heavy atom. The van der Waals surface area contributed by atoms with Crippen LogP contribution in [0.4, 0.5) is 14.5 Å². The summed E-state index contributed by atoms with van der Waals surface area (Å²) in [5, 5.41) is 13.4. The molecule has 100 valence electrons. The van der Waals surface area contributed by atoms with Gasteiger partial charge in [0.2, 0.25) is 5.82 Å². The number of nitrogens with zero attached hydrogens (tertiary/aromatic N) is 1. The first-order valence-corrected chi connectivity index (χ1v) is 5.59. The van der Waals surface area contributed by atoms with E-state index in [1.165, 1.54) is 0 Å². The molecule has 0 atom stereocenters. The minimum absolute atomic E-state index is 0.0795. The molecule has 3 N–H and O–H groups in total. The van der Waals surface area contributed by atoms with Crippen molar-refractivity contribution in [2.75, 3.05) is 13.1 Å². The lowest BCUT2D eigenvalue weighted by molar-refractivity contribution is -0.387. The summed E-state index contributed by atoms with van der Waals surface area (Å²) in [4.78, 5) is 9.64. The third kappa shape index (κ3) is 4.01. The van der Waals surface area contributed by atoms with E-state index in [1.807, 2.05) is 0 Å². The zero-order valence-electron chi connectivity index (χ0n) is 9.79. The van der Waals surface area contributed by atoms with Crippen LogP contribution in [0.25, 0.3) is 0 Å². The molecular formula is C11H15F2N3O2. The van der Waals surface area contributed by atoms with Gasteiger partial charge >= 0.3 is 5.69 Å². The first-order chi connectivity index (χ1) is 8.56. The first kappa shape index (κ1) is 14.5. The molecule has 0 spiro atoms. The summed E-state index contributed by atoms with van der Waals surface area (Å²) < 4.78 is 26.4. The van der Waals surface area contributed by atoms with Crippen LogP contribution in [0, 0.1) is 21.7 Å². The van der Waals surface area contributed by atoms with Gasteiger partial charge in [-0.1, -0.05) is 0 Å². The van der Waals surface area contributed by atoms with Gasteiger partial charge in [-0.2, -0.15) is 4.39 Å². The molecule has 18 heavy (non-hydrogen) atoms. The maximum atomic E-state index is 13.3. The maximum Gasteiger partial charge on any atom is 0.305 e. The molecule has 0 amide bonds. The number of benzene rings is 1. The number of halogens is 2. The van der Waals surface area contributed by atoms with Gasteiger partial charge in [-0.3, -0.25) is 10.1 Å². The highest BCUT2D eigenvalue weighted by molar-refractivity contribution is 5.37. The monoisotopic (exact) mass is 259 g/mol. The molecular weight excluding hydrogens is 244 g/mol. The lowest BCUT2D eigenvalue weighted by Crippen LogP contribution is -2.17. The number of nitrogens with one attached hydrogen (secondary N) is 1. The molecule has 0 aliphatic carbocycles. The van der Waals surface area contributed by atoms with Crippen LogP contribution in [0.15, 0.2) is 12.1 Å². The average Bonchev–Trinajstić information content (AvgIpc) is 2.30. The van der Waals surface area contributed by atoms with E-state index in [0.29, 0.717) is 19.2 Å². The lowest BCUT2D eigenvalue weighted by atomic mass is 10.1. The van der Waals surface area contributed by atoms with Crippen molar-refractivity contribution in [1.82, 2.24) is 5.32 Å². The van der Waals surface area contributed by atoms with Crippen LogP contribution in [0.2, 0.25) is 0 Å². The second-order valence-electron chi connectivity index (χ2n) is 3.82. The molecule has 5 nitrogen and oxygen atoms in total. The summed E-state index contributed by atoms with van der Waals surface area (Å²) in [5.74, 6) is -1.95. The minimum Gasteiger partial charge on any atom is -0.330 e. The molecule has 0 unspecified atom stereocenters. The van der Waals surface area contributed by atoms with Gasteiger partial charge < -0.3 is 11.1 Å². The number of hydrogen-bond donors (Lipinski definition) is 2. The fourth-order valence-corrected chi connectivity index (χ4v) is 1.47. The molecule has 0 saturated heterocycles. The van der Waals surface area contributed by atoms with Crippen LogP contribution in [0.3, 0.4) is 0 Å². The predicted molar refractivity (Wildman–Crippen MR) is 63.0 cm³/mol. The third-order valence-corrected chi connectivity index (χ3v) is 2.44. The zero-order chi connectivity index (χ0) is 13.5. The third-order valence-electron chi connectivity index (χ3n) is 2.44. The second kappa shape index (κ2) is 6.97. The van der Waals surface area contributed by atoms with Crippen LogP contribution < -0.4 is 11.1 Å². The molecule has 0 aliphatic heterocycles. The van der Waals surface area contributed by atoms with Crippen LogP contribution >= 0.6 is 0 Å². The first-order valence-electron chi connectivity index (χ1n) is 5.59. The van der Waals surface area contributed by atoms with Crippen molar-refractivity contribution in [2.45, 2.75) is 19.4 Å². The summed E-state index contributed by atoms with van der Waals surface area (Å²) in [7, 11) is 0. The van der Waals surface area contributed by atoms with Crippen molar-refractivity contribution in [3.63, 3.8) is 0 Å². The molecule has 0 saturated carbocycles. The Morgan fingerprint density at radius 1 is 1.28 bits per heavy atom. The molecule has 1 rings (SSSR count). The van der Waals surface area contributed by atoms with E-state index >= 15 is 0 Å². The smallest absolute Gasteiger partial charge is 0.305 e. The van der Waals surface area contributed by atoms with Gasteiger partial charge in [-0.05, 0) is 25.9 Å². The number of rotatable bonds is 7. The highest BCUT2D eigenvalue weighted by Gasteiger charge is 2.17. The van der Waals surface area contributed by atoms with Crippen molar-refractivity contribution in [1.29, 1.82) is 0 Å². The average molecular weight is 259 g/mol. The molecule has 0 radical (unpaired) electrons. The Bertz CT molecular complexity index is 427. The van der Waals surface area contributed by atoms with Gasteiger partial charge in [-0.25, -0.2) is 4.39 Å². The summed E-state index contributed by atoms with van der Waals surface area (Å²) in [5.41, 5.74) is 4.68. The van der Waals surface area contributed by atoms with Crippen molar-refractivity contribution >= 4 is 5.69 Å². The van der Waals surface area contributed by atoms with Crippen LogP contribution in [0.1, 0.15) is 18.4 Å². The van der Waals surface area contributed by atoms with Crippen molar-refractivity contribution < 1.29 is 13.7 Å². The summed E-state index contributed by atoms with van der Waals surface area (Å²) in [6.07, 6.45) is 1.68. The van der Waals surface area contributed by atoms with Gasteiger partial charge in [0.25, 0.3) is 0 Å². The molecule has 1 aromatic rings. The number of nitrogens with two attached hydrogens (primary N) is 1. The Balaban J connectivity index is 2.65. The number of hydrogen-bond acceptors (Lipinski definition) is 4. The van der Waals surface area contributed by atoms with Gasteiger partial charge in [0, 0.05) is 24.2 Å². The number of nitro benzene ring substituents is 1. The maximum absolute atomic E-state index is 13.3. The SMILES string of the molecule is NCCCCNCc1cc([N+](=O)[O-])c(F)cc1F. The zero-order valence-corrected chi connectivity index (χ0v) is 9.79. The van der Waals surface area contributed by atoms with Gasteiger partial charge in [-0.15, -0.1) is 0 Å². The Labute approximate surface area is 103 Å². The molecule has 7 heteroatoms. The van der Waals surface area contributed by atoms with Crippen molar-refractivity contribution in [3.8, 4) is 0 Å². The quantitative estimate of drug-likeness (QED) is 0.443. The molecule has 1 aromatic carbocycles. The summed E-state index contributed by atoms with van der Waals surface area (Å²) in [6, 6.07) is 1.45. The lowest BCUT2D eigenvalue weighted by Gasteiger charge is -2.06. The van der Waals surface area contributed by atoms with E-state index in [9.17, 15) is 18.9 Å². The fraction of sp³-hybridized carbons (Fsp3) is 0.455. The van der Waals surface area contributed by atoms with Gasteiger partial charge in [0.15, 0.2) is 0 Å². The van der Waals surface area contributed by atoms with Crippen LogP contribution in [0.5, 0.6) is 0 Å². The molecule has 0 heterocycles. The fourth-order valence-electron chi connectivity index (χ4n) is 1.47. The van der Waals surface area contributed by atoms with Crippen molar-refractivity contribution in [2.24, 2.45) is 5.73 Å². The molecule has 0 aliphatic rings. The highest BCUT2D eigenvalue weighted by Crippen LogP contribution is 2.21. The van der Waals surface area contributed by atoms with Gasteiger partial charge in [0.05, 0.1) is 4.92 Å². The van der Waals surface area contributed by atoms with Crippen molar-refractivity contribution in [3.05, 3.63) is 39.4 Å². The second-order valence-corrected chi connectivity index (χ2v) is 3.82. The number of unbranched alkanes of at least 4 members (excludes halogenated alkanes) is 1. The largest absolute Gasteiger partial charge is 0.330 e. The molecule has 0 aromatic heterocycles. The number of nitro groups is 1. The summed E-state index contributed by atoms with van der Waals surface area (Å²) >= 11 is 0. The van der Waals surface area contributed by atoms with E-state index in [2.05, 4.69) is 5.32 Å². The minimum atomic E-state index is -1.16. The van der Waals surface area contributed by atoms with Crippen LogP contribution in [-0.2, 0) is 6.54 Å². The van der Waals surface area contributed by atoms with E-state index in [-0.39, 0.29) is 12.1 Å². The normalized spacial score (nSPS) is 10.6. The van der Waals surface area contributed by atoms with E-state index in [4.69, 9.17) is 5.73 Å². The summed E-state index contributed by atoms with van der Waals surface area (Å²) in [6.45, 7) is 1.33. The van der Waals surface area contributed by atoms with E-state index < -0.39 is 22.2 Å². The van der Waals surface area contributed by atoms with E-state index in [0.717, 1.165) is 18.9 Å². The standard InChI is InChI=1S/C11H15F2N3O2/c12-9-6-10(13)11(16(17)18)5-8(9)7-15-4-2-1-3-14/h5-6,15H,1-4,7,14H2.